The van der Waals surface area contributed by atoms with Crippen LogP contribution in [0.3, 0.4) is 0 Å². The quantitative estimate of drug-likeness (QED) is 0.854. The SMILES string of the molecule is O=C(CCN1CCOCC1)Nc1[nH]nc2ncccc12. The number of morpholine rings is 1. The zero-order valence-electron chi connectivity index (χ0n) is 11.1. The summed E-state index contributed by atoms with van der Waals surface area (Å²) in [7, 11) is 0. The van der Waals surface area contributed by atoms with Crippen LogP contribution in [0.15, 0.2) is 18.3 Å². The van der Waals surface area contributed by atoms with Crippen LogP contribution in [0.25, 0.3) is 11.0 Å². The molecule has 0 bridgehead atoms. The Balaban J connectivity index is 1.55. The number of aromatic nitrogens is 3. The summed E-state index contributed by atoms with van der Waals surface area (Å²) in [5.41, 5.74) is 0.607. The number of carbonyl (C=O) groups excluding carboxylic acids is 1. The Morgan fingerprint density at radius 1 is 1.45 bits per heavy atom. The van der Waals surface area contributed by atoms with Gasteiger partial charge in [-0.2, -0.15) is 5.10 Å². The number of nitrogens with zero attached hydrogens (tertiary/aromatic N) is 3. The molecule has 2 aromatic heterocycles. The van der Waals surface area contributed by atoms with E-state index in [1.165, 1.54) is 0 Å². The van der Waals surface area contributed by atoms with E-state index in [0.29, 0.717) is 17.9 Å². The van der Waals surface area contributed by atoms with Crippen molar-refractivity contribution >= 4 is 22.8 Å². The fourth-order valence-electron chi connectivity index (χ4n) is 2.23. The average Bonchev–Trinajstić information content (AvgIpc) is 2.90. The van der Waals surface area contributed by atoms with Gasteiger partial charge in [-0.25, -0.2) is 4.98 Å². The predicted octanol–water partition coefficient (Wildman–Crippen LogP) is 0.619. The van der Waals surface area contributed by atoms with E-state index < -0.39 is 0 Å². The first-order chi connectivity index (χ1) is 9.83. The van der Waals surface area contributed by atoms with Crippen LogP contribution in [0.5, 0.6) is 0 Å². The lowest BCUT2D eigenvalue weighted by molar-refractivity contribution is -0.116. The minimum atomic E-state index is -0.0223. The molecule has 7 nitrogen and oxygen atoms in total. The molecule has 3 heterocycles. The van der Waals surface area contributed by atoms with Gasteiger partial charge in [0.25, 0.3) is 0 Å². The number of ether oxygens (including phenoxy) is 1. The normalized spacial score (nSPS) is 16.4. The molecule has 0 unspecified atom stereocenters. The Kier molecular flexibility index (Phi) is 3.89. The number of rotatable bonds is 4. The third-order valence-electron chi connectivity index (χ3n) is 3.35. The summed E-state index contributed by atoms with van der Waals surface area (Å²) in [4.78, 5) is 18.3. The van der Waals surface area contributed by atoms with Crippen molar-refractivity contribution < 1.29 is 9.53 Å². The second-order valence-electron chi connectivity index (χ2n) is 4.73. The molecule has 0 spiro atoms. The second kappa shape index (κ2) is 5.98. The molecule has 1 fully saturated rings. The van der Waals surface area contributed by atoms with E-state index in [0.717, 1.165) is 38.2 Å². The molecule has 0 radical (unpaired) electrons. The molecular formula is C13H17N5O2. The smallest absolute Gasteiger partial charge is 0.226 e. The zero-order chi connectivity index (χ0) is 13.8. The van der Waals surface area contributed by atoms with Crippen molar-refractivity contribution in [3.63, 3.8) is 0 Å². The number of hydrogen-bond donors (Lipinski definition) is 2. The number of aromatic amines is 1. The highest BCUT2D eigenvalue weighted by atomic mass is 16.5. The molecule has 0 aliphatic carbocycles. The van der Waals surface area contributed by atoms with Crippen LogP contribution in [0.2, 0.25) is 0 Å². The van der Waals surface area contributed by atoms with E-state index in [-0.39, 0.29) is 5.91 Å². The number of pyridine rings is 1. The number of H-pyrrole nitrogens is 1. The lowest BCUT2D eigenvalue weighted by Gasteiger charge is -2.26. The molecule has 1 aliphatic heterocycles. The summed E-state index contributed by atoms with van der Waals surface area (Å²) in [6, 6.07) is 3.70. The van der Waals surface area contributed by atoms with Crippen molar-refractivity contribution in [3.8, 4) is 0 Å². The van der Waals surface area contributed by atoms with Gasteiger partial charge in [-0.05, 0) is 12.1 Å². The lowest BCUT2D eigenvalue weighted by Crippen LogP contribution is -2.38. The van der Waals surface area contributed by atoms with E-state index in [4.69, 9.17) is 4.74 Å². The van der Waals surface area contributed by atoms with Gasteiger partial charge in [0.1, 0.15) is 5.82 Å². The number of hydrogen-bond acceptors (Lipinski definition) is 5. The predicted molar refractivity (Wildman–Crippen MR) is 74.4 cm³/mol. The van der Waals surface area contributed by atoms with E-state index in [1.54, 1.807) is 6.20 Å². The third-order valence-corrected chi connectivity index (χ3v) is 3.35. The first-order valence-corrected chi connectivity index (χ1v) is 6.72. The van der Waals surface area contributed by atoms with Gasteiger partial charge in [0.2, 0.25) is 5.91 Å². The van der Waals surface area contributed by atoms with Gasteiger partial charge < -0.3 is 10.1 Å². The second-order valence-corrected chi connectivity index (χ2v) is 4.73. The molecule has 1 saturated heterocycles. The number of carbonyl (C=O) groups is 1. The van der Waals surface area contributed by atoms with Gasteiger partial charge in [0.05, 0.1) is 18.6 Å². The van der Waals surface area contributed by atoms with Crippen LogP contribution in [0.4, 0.5) is 5.82 Å². The molecule has 2 aromatic rings. The van der Waals surface area contributed by atoms with Gasteiger partial charge >= 0.3 is 0 Å². The fourth-order valence-corrected chi connectivity index (χ4v) is 2.23. The monoisotopic (exact) mass is 275 g/mol. The highest BCUT2D eigenvalue weighted by Gasteiger charge is 2.13. The Hall–Kier alpha value is -1.99. The molecule has 1 aliphatic rings. The van der Waals surface area contributed by atoms with E-state index in [1.807, 2.05) is 12.1 Å². The summed E-state index contributed by atoms with van der Waals surface area (Å²) < 4.78 is 5.28. The molecule has 0 atom stereocenters. The molecule has 106 valence electrons. The fraction of sp³-hybridized carbons (Fsp3) is 0.462. The van der Waals surface area contributed by atoms with Gasteiger partial charge in [-0.3, -0.25) is 14.8 Å². The number of nitrogens with one attached hydrogen (secondary N) is 2. The van der Waals surface area contributed by atoms with E-state index >= 15 is 0 Å². The topological polar surface area (TPSA) is 83.1 Å². The molecule has 2 N–H and O–H groups in total. The van der Waals surface area contributed by atoms with Gasteiger partial charge in [0.15, 0.2) is 5.65 Å². The van der Waals surface area contributed by atoms with Crippen molar-refractivity contribution in [2.75, 3.05) is 38.2 Å². The molecule has 0 saturated carbocycles. The van der Waals surface area contributed by atoms with Crippen molar-refractivity contribution in [1.82, 2.24) is 20.1 Å². The van der Waals surface area contributed by atoms with Crippen molar-refractivity contribution in [1.29, 1.82) is 0 Å². The number of anilines is 1. The summed E-state index contributed by atoms with van der Waals surface area (Å²) in [6.07, 6.45) is 2.13. The molecule has 1 amide bonds. The zero-order valence-corrected chi connectivity index (χ0v) is 11.1. The third kappa shape index (κ3) is 2.94. The molecule has 0 aromatic carbocycles. The molecular weight excluding hydrogens is 258 g/mol. The summed E-state index contributed by atoms with van der Waals surface area (Å²) in [5, 5.41) is 10.5. The van der Waals surface area contributed by atoms with Crippen molar-refractivity contribution in [2.45, 2.75) is 6.42 Å². The summed E-state index contributed by atoms with van der Waals surface area (Å²) in [5.74, 6) is 0.589. The number of fused-ring (bicyclic) bond motifs is 1. The van der Waals surface area contributed by atoms with Gasteiger partial charge in [-0.15, -0.1) is 0 Å². The number of amides is 1. The summed E-state index contributed by atoms with van der Waals surface area (Å²) in [6.45, 7) is 4.03. The first kappa shape index (κ1) is 13.0. The van der Waals surface area contributed by atoms with Gasteiger partial charge in [0, 0.05) is 32.3 Å². The average molecular weight is 275 g/mol. The molecule has 3 rings (SSSR count). The Labute approximate surface area is 116 Å². The highest BCUT2D eigenvalue weighted by molar-refractivity contribution is 5.98. The molecule has 7 heteroatoms. The maximum absolute atomic E-state index is 12.0. The Morgan fingerprint density at radius 2 is 2.30 bits per heavy atom. The van der Waals surface area contributed by atoms with Crippen molar-refractivity contribution in [3.05, 3.63) is 18.3 Å². The van der Waals surface area contributed by atoms with Crippen LogP contribution >= 0.6 is 0 Å². The van der Waals surface area contributed by atoms with E-state index in [2.05, 4.69) is 25.4 Å². The standard InChI is InChI=1S/C13H17N5O2/c19-11(3-5-18-6-8-20-9-7-18)15-13-10-2-1-4-14-12(10)16-17-13/h1-2,4H,3,5-9H2,(H2,14,15,16,17,19). The van der Waals surface area contributed by atoms with Crippen LogP contribution in [-0.4, -0.2) is 58.8 Å². The van der Waals surface area contributed by atoms with Crippen molar-refractivity contribution in [2.24, 2.45) is 0 Å². The maximum atomic E-state index is 12.0. The first-order valence-electron chi connectivity index (χ1n) is 6.72. The lowest BCUT2D eigenvalue weighted by atomic mass is 10.3. The Bertz CT molecular complexity index is 591. The van der Waals surface area contributed by atoms with Crippen LogP contribution in [-0.2, 0) is 9.53 Å². The van der Waals surface area contributed by atoms with E-state index in [9.17, 15) is 4.79 Å². The minimum absolute atomic E-state index is 0.0223. The maximum Gasteiger partial charge on any atom is 0.226 e. The van der Waals surface area contributed by atoms with Crippen LogP contribution in [0.1, 0.15) is 6.42 Å². The summed E-state index contributed by atoms with van der Waals surface area (Å²) >= 11 is 0. The van der Waals surface area contributed by atoms with Gasteiger partial charge in [-0.1, -0.05) is 0 Å². The Morgan fingerprint density at radius 3 is 3.15 bits per heavy atom. The highest BCUT2D eigenvalue weighted by Crippen LogP contribution is 2.17. The van der Waals surface area contributed by atoms with Crippen LogP contribution < -0.4 is 5.32 Å². The molecule has 20 heavy (non-hydrogen) atoms. The largest absolute Gasteiger partial charge is 0.379 e. The van der Waals surface area contributed by atoms with Crippen LogP contribution in [0, 0.1) is 0 Å². The minimum Gasteiger partial charge on any atom is -0.379 e.